The molecule has 9 nitrogen and oxygen atoms in total. The molecule has 0 aliphatic rings. The van der Waals surface area contributed by atoms with Gasteiger partial charge < -0.3 is 10.2 Å². The first-order valence-corrected chi connectivity index (χ1v) is 11.8. The predicted molar refractivity (Wildman–Crippen MR) is 111 cm³/mol. The highest BCUT2D eigenvalue weighted by Gasteiger charge is 2.33. The molecule has 0 bridgehead atoms. The van der Waals surface area contributed by atoms with Crippen LogP contribution in [0.4, 0.5) is 0 Å². The van der Waals surface area contributed by atoms with E-state index in [0.717, 1.165) is 12.1 Å². The molecule has 2 aromatic heterocycles. The first-order valence-electron chi connectivity index (χ1n) is 8.75. The molecule has 2 heterocycles. The third kappa shape index (κ3) is 3.58. The average molecular weight is 457 g/mol. The van der Waals surface area contributed by atoms with Crippen molar-refractivity contribution in [3.05, 3.63) is 72.4 Å². The molecule has 4 N–H and O–H groups in total. The van der Waals surface area contributed by atoms with Gasteiger partial charge in [-0.15, -0.1) is 0 Å². The zero-order chi connectivity index (χ0) is 22.4. The molecule has 0 atom stereocenters. The number of pyridine rings is 1. The minimum Gasteiger partial charge on any atom is -0.453 e. The van der Waals surface area contributed by atoms with Crippen LogP contribution in [0.5, 0.6) is 0 Å². The van der Waals surface area contributed by atoms with Crippen molar-refractivity contribution in [3.63, 3.8) is 0 Å². The molecule has 0 spiro atoms. The van der Waals surface area contributed by atoms with Crippen molar-refractivity contribution in [2.24, 2.45) is 10.9 Å². The molecule has 0 aliphatic carbocycles. The third-order valence-corrected chi connectivity index (χ3v) is 7.51. The zero-order valence-electron chi connectivity index (χ0n) is 15.7. The lowest BCUT2D eigenvalue weighted by Gasteiger charge is -2.10. The van der Waals surface area contributed by atoms with E-state index in [-0.39, 0.29) is 32.9 Å². The topological polar surface area (TPSA) is 163 Å². The molecule has 0 saturated carbocycles. The molecule has 4 aromatic rings. The molecule has 11 heteroatoms. The molecular formula is C20H15N3O6S2. The lowest BCUT2D eigenvalue weighted by atomic mass is 10.1. The van der Waals surface area contributed by atoms with Crippen LogP contribution in [-0.2, 0) is 19.9 Å². The monoisotopic (exact) mass is 457 g/mol. The summed E-state index contributed by atoms with van der Waals surface area (Å²) in [7, 11) is -8.86. The summed E-state index contributed by atoms with van der Waals surface area (Å²) < 4.78 is 57.3. The van der Waals surface area contributed by atoms with E-state index in [0.29, 0.717) is 0 Å². The minimum absolute atomic E-state index is 0.0528. The second kappa shape index (κ2) is 7.30. The standard InChI is InChI=1S/C20H15N3O6S2/c21-20(24)12-8-9-15-13(11-12)19(18(29-15)14-5-3-4-10-23-14)30(25,26)16-6-1-2-7-17(16)31(22,27)28/h1-11H,(H2,21,24)(H2,22,27,28). The van der Waals surface area contributed by atoms with Crippen LogP contribution in [0.3, 0.4) is 0 Å². The number of hydrogen-bond acceptors (Lipinski definition) is 7. The number of primary sulfonamides is 1. The molecule has 0 saturated heterocycles. The Morgan fingerprint density at radius 2 is 1.58 bits per heavy atom. The second-order valence-corrected chi connectivity index (χ2v) is 9.93. The van der Waals surface area contributed by atoms with Crippen molar-refractivity contribution >= 4 is 36.7 Å². The van der Waals surface area contributed by atoms with Gasteiger partial charge in [-0.2, -0.15) is 0 Å². The number of nitrogens with two attached hydrogens (primary N) is 2. The number of furan rings is 1. The largest absolute Gasteiger partial charge is 0.453 e. The number of primary amides is 1. The van der Waals surface area contributed by atoms with Crippen LogP contribution in [0.25, 0.3) is 22.4 Å². The maximum absolute atomic E-state index is 13.7. The van der Waals surface area contributed by atoms with Crippen molar-refractivity contribution in [1.82, 2.24) is 4.98 Å². The third-order valence-electron chi connectivity index (χ3n) is 4.54. The highest BCUT2D eigenvalue weighted by atomic mass is 32.2. The van der Waals surface area contributed by atoms with Crippen LogP contribution in [0.2, 0.25) is 0 Å². The second-order valence-electron chi connectivity index (χ2n) is 6.55. The number of rotatable bonds is 5. The highest BCUT2D eigenvalue weighted by Crippen LogP contribution is 2.40. The quantitative estimate of drug-likeness (QED) is 0.463. The van der Waals surface area contributed by atoms with Gasteiger partial charge in [0.2, 0.25) is 25.8 Å². The molecule has 0 unspecified atom stereocenters. The number of hydrogen-bond donors (Lipinski definition) is 2. The van der Waals surface area contributed by atoms with E-state index in [9.17, 15) is 21.6 Å². The Kier molecular flexibility index (Phi) is 4.88. The fourth-order valence-electron chi connectivity index (χ4n) is 3.18. The van der Waals surface area contributed by atoms with E-state index in [2.05, 4.69) is 4.98 Å². The summed E-state index contributed by atoms with van der Waals surface area (Å²) in [5.74, 6) is -0.878. The Morgan fingerprint density at radius 3 is 2.19 bits per heavy atom. The van der Waals surface area contributed by atoms with E-state index >= 15 is 0 Å². The number of sulfonamides is 1. The molecular weight excluding hydrogens is 442 g/mol. The Bertz CT molecular complexity index is 1540. The van der Waals surface area contributed by atoms with Crippen molar-refractivity contribution in [2.45, 2.75) is 14.7 Å². The van der Waals surface area contributed by atoms with Crippen molar-refractivity contribution < 1.29 is 26.0 Å². The summed E-state index contributed by atoms with van der Waals surface area (Å²) in [6.45, 7) is 0. The Morgan fingerprint density at radius 1 is 0.903 bits per heavy atom. The number of carbonyl (C=O) groups is 1. The predicted octanol–water partition coefficient (Wildman–Crippen LogP) is 2.07. The fourth-order valence-corrected chi connectivity index (χ4v) is 6.12. The summed E-state index contributed by atoms with van der Waals surface area (Å²) >= 11 is 0. The van der Waals surface area contributed by atoms with Crippen LogP contribution >= 0.6 is 0 Å². The van der Waals surface area contributed by atoms with Crippen LogP contribution < -0.4 is 10.9 Å². The van der Waals surface area contributed by atoms with E-state index < -0.39 is 35.6 Å². The molecule has 0 fully saturated rings. The van der Waals surface area contributed by atoms with E-state index in [1.165, 1.54) is 42.6 Å². The van der Waals surface area contributed by atoms with Gasteiger partial charge >= 0.3 is 0 Å². The van der Waals surface area contributed by atoms with E-state index in [4.69, 9.17) is 15.3 Å². The van der Waals surface area contributed by atoms with Gasteiger partial charge in [0, 0.05) is 17.1 Å². The van der Waals surface area contributed by atoms with Crippen LogP contribution in [0, 0.1) is 0 Å². The Balaban J connectivity index is 2.14. The number of carbonyl (C=O) groups excluding carboxylic acids is 1. The lowest BCUT2D eigenvalue weighted by Crippen LogP contribution is -2.17. The minimum atomic E-state index is -4.50. The summed E-state index contributed by atoms with van der Waals surface area (Å²) in [5, 5.41) is 5.30. The van der Waals surface area contributed by atoms with Gasteiger partial charge in [-0.25, -0.2) is 22.0 Å². The first kappa shape index (κ1) is 20.7. The van der Waals surface area contributed by atoms with Crippen molar-refractivity contribution in [3.8, 4) is 11.5 Å². The summed E-state index contributed by atoms with van der Waals surface area (Å²) in [6, 6.07) is 13.9. The lowest BCUT2D eigenvalue weighted by molar-refractivity contribution is 0.100. The summed E-state index contributed by atoms with van der Waals surface area (Å²) in [4.78, 5) is 14.4. The molecule has 158 valence electrons. The van der Waals surface area contributed by atoms with Crippen molar-refractivity contribution in [1.29, 1.82) is 0 Å². The molecule has 0 radical (unpaired) electrons. The Hall–Kier alpha value is -3.54. The molecule has 0 aliphatic heterocycles. The maximum atomic E-state index is 13.7. The van der Waals surface area contributed by atoms with E-state index in [1.54, 1.807) is 12.1 Å². The smallest absolute Gasteiger partial charge is 0.248 e. The summed E-state index contributed by atoms with van der Waals surface area (Å²) in [5.41, 5.74) is 5.75. The number of benzene rings is 2. The average Bonchev–Trinajstić information content (AvgIpc) is 3.13. The van der Waals surface area contributed by atoms with Gasteiger partial charge in [0.15, 0.2) is 5.76 Å². The first-order chi connectivity index (χ1) is 14.6. The molecule has 4 rings (SSSR count). The molecule has 2 aromatic carbocycles. The van der Waals surface area contributed by atoms with Gasteiger partial charge in [0.25, 0.3) is 0 Å². The van der Waals surface area contributed by atoms with Gasteiger partial charge in [0.1, 0.15) is 21.1 Å². The van der Waals surface area contributed by atoms with Crippen molar-refractivity contribution in [2.75, 3.05) is 0 Å². The fraction of sp³-hybridized carbons (Fsp3) is 0. The highest BCUT2D eigenvalue weighted by molar-refractivity contribution is 7.94. The number of nitrogens with zero attached hydrogens (tertiary/aromatic N) is 1. The number of amides is 1. The van der Waals surface area contributed by atoms with Crippen LogP contribution in [0.15, 0.2) is 86.0 Å². The molecule has 1 amide bonds. The zero-order valence-corrected chi connectivity index (χ0v) is 17.4. The van der Waals surface area contributed by atoms with Gasteiger partial charge in [-0.1, -0.05) is 18.2 Å². The Labute approximate surface area is 177 Å². The van der Waals surface area contributed by atoms with Gasteiger partial charge in [0.05, 0.1) is 4.90 Å². The maximum Gasteiger partial charge on any atom is 0.248 e. The van der Waals surface area contributed by atoms with Crippen LogP contribution in [0.1, 0.15) is 10.4 Å². The molecule has 31 heavy (non-hydrogen) atoms. The van der Waals surface area contributed by atoms with Gasteiger partial charge in [-0.05, 0) is 42.5 Å². The van der Waals surface area contributed by atoms with Gasteiger partial charge in [-0.3, -0.25) is 9.78 Å². The number of fused-ring (bicyclic) bond motifs is 1. The number of aromatic nitrogens is 1. The SMILES string of the molecule is NC(=O)c1ccc2oc(-c3ccccn3)c(S(=O)(=O)c3ccccc3S(N)(=O)=O)c2c1. The van der Waals surface area contributed by atoms with E-state index in [1.807, 2.05) is 0 Å². The van der Waals surface area contributed by atoms with Crippen LogP contribution in [-0.4, -0.2) is 27.7 Å². The number of sulfone groups is 1. The normalized spacial score (nSPS) is 12.2. The summed E-state index contributed by atoms with van der Waals surface area (Å²) in [6.07, 6.45) is 1.45.